The van der Waals surface area contributed by atoms with Gasteiger partial charge in [-0.15, -0.1) is 0 Å². The first-order chi connectivity index (χ1) is 8.59. The molecule has 0 saturated carbocycles. The summed E-state index contributed by atoms with van der Waals surface area (Å²) in [6, 6.07) is 0.114. The van der Waals surface area contributed by atoms with Gasteiger partial charge in [-0.1, -0.05) is 20.3 Å². The zero-order valence-electron chi connectivity index (χ0n) is 11.8. The molecule has 18 heavy (non-hydrogen) atoms. The molecule has 5 nitrogen and oxygen atoms in total. The van der Waals surface area contributed by atoms with Crippen molar-refractivity contribution in [2.24, 2.45) is 0 Å². The lowest BCUT2D eigenvalue weighted by atomic mass is 9.93. The summed E-state index contributed by atoms with van der Waals surface area (Å²) in [4.78, 5) is 11.7. The van der Waals surface area contributed by atoms with Crippen LogP contribution in [0.1, 0.15) is 40.0 Å². The number of ether oxygens (including phenoxy) is 2. The van der Waals surface area contributed by atoms with Gasteiger partial charge in [0, 0.05) is 12.1 Å². The maximum atomic E-state index is 11.7. The van der Waals surface area contributed by atoms with Gasteiger partial charge < -0.3 is 20.1 Å². The number of carbonyl (C=O) groups excluding carboxylic acids is 1. The molecular formula is C13H26N2O3. The van der Waals surface area contributed by atoms with E-state index in [4.69, 9.17) is 9.47 Å². The summed E-state index contributed by atoms with van der Waals surface area (Å²) < 4.78 is 10.5. The Morgan fingerprint density at radius 2 is 2.33 bits per heavy atom. The van der Waals surface area contributed by atoms with Gasteiger partial charge in [0.15, 0.2) is 0 Å². The third-order valence-corrected chi connectivity index (χ3v) is 3.40. The van der Waals surface area contributed by atoms with Gasteiger partial charge in [-0.05, 0) is 19.8 Å². The molecule has 1 rings (SSSR count). The largest absolute Gasteiger partial charge is 0.448 e. The van der Waals surface area contributed by atoms with Crippen molar-refractivity contribution in [3.05, 3.63) is 0 Å². The maximum Gasteiger partial charge on any atom is 0.407 e. The molecule has 0 spiro atoms. The van der Waals surface area contributed by atoms with Crippen molar-refractivity contribution in [3.8, 4) is 0 Å². The molecule has 1 aliphatic rings. The molecule has 5 heteroatoms. The Hall–Kier alpha value is -0.810. The summed E-state index contributed by atoms with van der Waals surface area (Å²) in [7, 11) is 0. The monoisotopic (exact) mass is 258 g/mol. The predicted molar refractivity (Wildman–Crippen MR) is 70.7 cm³/mol. The summed E-state index contributed by atoms with van der Waals surface area (Å²) in [5.74, 6) is 0. The molecule has 0 aromatic rings. The molecular weight excluding hydrogens is 232 g/mol. The van der Waals surface area contributed by atoms with Crippen LogP contribution < -0.4 is 10.6 Å². The number of alkyl carbamates (subject to hydrolysis) is 1. The Morgan fingerprint density at radius 1 is 1.56 bits per heavy atom. The molecule has 1 heterocycles. The highest BCUT2D eigenvalue weighted by molar-refractivity contribution is 5.68. The van der Waals surface area contributed by atoms with E-state index in [-0.39, 0.29) is 17.7 Å². The second-order valence-corrected chi connectivity index (χ2v) is 5.11. The lowest BCUT2D eigenvalue weighted by Gasteiger charge is -2.29. The molecule has 1 unspecified atom stereocenters. The first-order valence-corrected chi connectivity index (χ1v) is 6.85. The number of carbonyl (C=O) groups is 1. The fourth-order valence-electron chi connectivity index (χ4n) is 2.06. The van der Waals surface area contributed by atoms with E-state index < -0.39 is 0 Å². The Morgan fingerprint density at radius 3 is 2.89 bits per heavy atom. The summed E-state index contributed by atoms with van der Waals surface area (Å²) in [5.41, 5.74) is -0.164. The second kappa shape index (κ2) is 7.59. The van der Waals surface area contributed by atoms with Gasteiger partial charge in [-0.2, -0.15) is 0 Å². The van der Waals surface area contributed by atoms with E-state index >= 15 is 0 Å². The molecule has 2 N–H and O–H groups in total. The van der Waals surface area contributed by atoms with Crippen LogP contribution in [-0.4, -0.2) is 44.0 Å². The summed E-state index contributed by atoms with van der Waals surface area (Å²) in [5, 5.41) is 6.20. The number of hydrogen-bond donors (Lipinski definition) is 2. The highest BCUT2D eigenvalue weighted by Crippen LogP contribution is 2.16. The van der Waals surface area contributed by atoms with Crippen LogP contribution in [0.5, 0.6) is 0 Å². The van der Waals surface area contributed by atoms with Gasteiger partial charge >= 0.3 is 6.09 Å². The van der Waals surface area contributed by atoms with Crippen molar-refractivity contribution >= 4 is 6.09 Å². The Bertz CT molecular complexity index is 255. The van der Waals surface area contributed by atoms with Gasteiger partial charge in [0.25, 0.3) is 0 Å². The van der Waals surface area contributed by atoms with Crippen LogP contribution in [0.2, 0.25) is 0 Å². The van der Waals surface area contributed by atoms with Crippen molar-refractivity contribution < 1.29 is 14.3 Å². The number of rotatable bonds is 6. The smallest absolute Gasteiger partial charge is 0.407 e. The van der Waals surface area contributed by atoms with Gasteiger partial charge in [0.05, 0.1) is 19.3 Å². The quantitative estimate of drug-likeness (QED) is 0.761. The molecule has 2 atom stereocenters. The Labute approximate surface area is 110 Å². The minimum absolute atomic E-state index is 0.114. The molecule has 0 bridgehead atoms. The van der Waals surface area contributed by atoms with Crippen LogP contribution in [0.3, 0.4) is 0 Å². The first kappa shape index (κ1) is 15.2. The number of morpholine rings is 1. The molecule has 0 aliphatic carbocycles. The molecule has 106 valence electrons. The van der Waals surface area contributed by atoms with Crippen molar-refractivity contribution in [3.63, 3.8) is 0 Å². The van der Waals surface area contributed by atoms with E-state index in [9.17, 15) is 4.79 Å². The second-order valence-electron chi connectivity index (χ2n) is 5.11. The minimum atomic E-state index is -0.333. The van der Waals surface area contributed by atoms with E-state index in [2.05, 4.69) is 31.4 Å². The first-order valence-electron chi connectivity index (χ1n) is 6.85. The SMILES string of the molecule is CCCC(C)(CC)NC(=O)OC[C@@H]1COCCN1. The van der Waals surface area contributed by atoms with E-state index in [1.807, 2.05) is 0 Å². The summed E-state index contributed by atoms with van der Waals surface area (Å²) in [6.45, 7) is 8.76. The fraction of sp³-hybridized carbons (Fsp3) is 0.923. The standard InChI is InChI=1S/C13H26N2O3/c1-4-6-13(3,5-2)15-12(16)18-10-11-9-17-8-7-14-11/h11,14H,4-10H2,1-3H3,(H,15,16)/t11-,13?/m0/s1. The van der Waals surface area contributed by atoms with E-state index in [0.717, 1.165) is 32.4 Å². The number of nitrogens with one attached hydrogen (secondary N) is 2. The van der Waals surface area contributed by atoms with Crippen molar-refractivity contribution in [2.45, 2.75) is 51.6 Å². The lowest BCUT2D eigenvalue weighted by molar-refractivity contribution is 0.0447. The van der Waals surface area contributed by atoms with Gasteiger partial charge in [-0.25, -0.2) is 4.79 Å². The van der Waals surface area contributed by atoms with Crippen LogP contribution in [-0.2, 0) is 9.47 Å². The highest BCUT2D eigenvalue weighted by atomic mass is 16.6. The van der Waals surface area contributed by atoms with E-state index in [1.165, 1.54) is 0 Å². The van der Waals surface area contributed by atoms with Gasteiger partial charge in [0.2, 0.25) is 0 Å². The zero-order chi connectivity index (χ0) is 13.4. The molecule has 1 aliphatic heterocycles. The fourth-order valence-corrected chi connectivity index (χ4v) is 2.06. The molecule has 1 saturated heterocycles. The van der Waals surface area contributed by atoms with Crippen LogP contribution in [0, 0.1) is 0 Å². The average Bonchev–Trinajstić information content (AvgIpc) is 2.38. The predicted octanol–water partition coefficient (Wildman–Crippen LogP) is 1.67. The lowest BCUT2D eigenvalue weighted by Crippen LogP contribution is -2.48. The topological polar surface area (TPSA) is 59.6 Å². The van der Waals surface area contributed by atoms with Crippen LogP contribution in [0.15, 0.2) is 0 Å². The maximum absolute atomic E-state index is 11.7. The molecule has 0 radical (unpaired) electrons. The van der Waals surface area contributed by atoms with Crippen LogP contribution in [0.25, 0.3) is 0 Å². The Kier molecular flexibility index (Phi) is 6.43. The van der Waals surface area contributed by atoms with Crippen molar-refractivity contribution in [1.82, 2.24) is 10.6 Å². The molecule has 0 aromatic carbocycles. The normalized spacial score (nSPS) is 23.2. The van der Waals surface area contributed by atoms with E-state index in [1.54, 1.807) is 0 Å². The highest BCUT2D eigenvalue weighted by Gasteiger charge is 2.24. The number of hydrogen-bond acceptors (Lipinski definition) is 4. The molecule has 1 fully saturated rings. The van der Waals surface area contributed by atoms with Gasteiger partial charge in [-0.3, -0.25) is 0 Å². The van der Waals surface area contributed by atoms with Crippen LogP contribution in [0.4, 0.5) is 4.79 Å². The molecule has 0 aromatic heterocycles. The third-order valence-electron chi connectivity index (χ3n) is 3.40. The minimum Gasteiger partial charge on any atom is -0.448 e. The number of amides is 1. The zero-order valence-corrected chi connectivity index (χ0v) is 11.8. The Balaban J connectivity index is 2.27. The van der Waals surface area contributed by atoms with Gasteiger partial charge in [0.1, 0.15) is 6.61 Å². The summed E-state index contributed by atoms with van der Waals surface area (Å²) in [6.07, 6.45) is 2.58. The summed E-state index contributed by atoms with van der Waals surface area (Å²) >= 11 is 0. The third kappa shape index (κ3) is 5.23. The van der Waals surface area contributed by atoms with Crippen LogP contribution >= 0.6 is 0 Å². The van der Waals surface area contributed by atoms with Crippen molar-refractivity contribution in [1.29, 1.82) is 0 Å². The van der Waals surface area contributed by atoms with Crippen molar-refractivity contribution in [2.75, 3.05) is 26.4 Å². The average molecular weight is 258 g/mol. The molecule has 1 amide bonds. The van der Waals surface area contributed by atoms with E-state index in [0.29, 0.717) is 13.2 Å².